The van der Waals surface area contributed by atoms with E-state index in [4.69, 9.17) is 25.9 Å². The van der Waals surface area contributed by atoms with Crippen molar-refractivity contribution in [1.82, 2.24) is 9.88 Å². The highest BCUT2D eigenvalue weighted by Gasteiger charge is 2.27. The Bertz CT molecular complexity index is 1470. The van der Waals surface area contributed by atoms with Crippen LogP contribution in [0.1, 0.15) is 32.3 Å². The third-order valence-electron chi connectivity index (χ3n) is 6.09. The average Bonchev–Trinajstić information content (AvgIpc) is 3.22. The summed E-state index contributed by atoms with van der Waals surface area (Å²) in [6.45, 7) is 6.37. The van der Waals surface area contributed by atoms with Gasteiger partial charge in [-0.15, -0.1) is 0 Å². The number of anilines is 1. The Hall–Kier alpha value is -2.38. The number of rotatable bonds is 9. The number of sulfonamides is 1. The number of benzene rings is 2. The molecular formula is C23H29ClN4O6S2. The fourth-order valence-corrected chi connectivity index (χ4v) is 6.68. The predicted octanol–water partition coefficient (Wildman–Crippen LogP) is 3.40. The summed E-state index contributed by atoms with van der Waals surface area (Å²) in [4.78, 5) is 5.81. The van der Waals surface area contributed by atoms with Crippen molar-refractivity contribution in [3.63, 3.8) is 0 Å². The number of sulfone groups is 1. The van der Waals surface area contributed by atoms with Crippen molar-refractivity contribution >= 4 is 48.6 Å². The number of oxazole rings is 1. The highest BCUT2D eigenvalue weighted by Crippen LogP contribution is 2.30. The van der Waals surface area contributed by atoms with Gasteiger partial charge >= 0.3 is 0 Å². The van der Waals surface area contributed by atoms with E-state index >= 15 is 0 Å². The van der Waals surface area contributed by atoms with Crippen molar-refractivity contribution in [2.75, 3.05) is 30.8 Å². The number of hydrogen-bond donors (Lipinski definition) is 2. The van der Waals surface area contributed by atoms with Crippen LogP contribution in [0.2, 0.25) is 5.02 Å². The van der Waals surface area contributed by atoms with Crippen molar-refractivity contribution in [2.45, 2.75) is 49.1 Å². The molecule has 13 heteroatoms. The summed E-state index contributed by atoms with van der Waals surface area (Å²) in [7, 11) is -8.13. The van der Waals surface area contributed by atoms with Crippen LogP contribution in [0, 0.1) is 0 Å². The Morgan fingerprint density at radius 3 is 2.50 bits per heavy atom. The van der Waals surface area contributed by atoms with E-state index in [1.54, 1.807) is 0 Å². The van der Waals surface area contributed by atoms with Gasteiger partial charge in [-0.05, 0) is 43.5 Å². The van der Waals surface area contributed by atoms with E-state index in [-0.39, 0.29) is 33.8 Å². The molecule has 4 rings (SSSR count). The van der Waals surface area contributed by atoms with E-state index < -0.39 is 24.8 Å². The number of aromatic nitrogens is 1. The van der Waals surface area contributed by atoms with Crippen molar-refractivity contribution in [2.24, 2.45) is 5.14 Å². The lowest BCUT2D eigenvalue weighted by atomic mass is 10.0. The molecule has 0 spiro atoms. The lowest BCUT2D eigenvalue weighted by Gasteiger charge is -2.32. The van der Waals surface area contributed by atoms with Crippen molar-refractivity contribution < 1.29 is 26.0 Å². The molecule has 1 saturated heterocycles. The molecule has 0 atom stereocenters. The first-order chi connectivity index (χ1) is 17.0. The molecule has 196 valence electrons. The maximum Gasteiger partial charge on any atom is 0.295 e. The number of piperidine rings is 1. The first-order valence-electron chi connectivity index (χ1n) is 11.6. The summed E-state index contributed by atoms with van der Waals surface area (Å²) >= 11 is 6.18. The van der Waals surface area contributed by atoms with Gasteiger partial charge in [0.2, 0.25) is 10.0 Å². The number of primary sulfonamides is 1. The van der Waals surface area contributed by atoms with E-state index in [1.165, 1.54) is 13.0 Å². The summed E-state index contributed by atoms with van der Waals surface area (Å²) in [5.74, 6) is 0.413. The highest BCUT2D eigenvalue weighted by atomic mass is 35.5. The second-order valence-corrected chi connectivity index (χ2v) is 12.8. The molecule has 0 radical (unpaired) electrons. The molecule has 0 saturated carbocycles. The zero-order valence-electron chi connectivity index (χ0n) is 20.0. The number of nitrogens with zero attached hydrogens (tertiary/aromatic N) is 2. The van der Waals surface area contributed by atoms with Crippen LogP contribution in [-0.2, 0) is 26.4 Å². The maximum atomic E-state index is 12.5. The van der Waals surface area contributed by atoms with E-state index in [0.29, 0.717) is 17.4 Å². The molecule has 10 nitrogen and oxygen atoms in total. The average molecular weight is 557 g/mol. The molecule has 2 aromatic carbocycles. The summed E-state index contributed by atoms with van der Waals surface area (Å²) in [6, 6.07) is 8.43. The Morgan fingerprint density at radius 2 is 1.86 bits per heavy atom. The van der Waals surface area contributed by atoms with E-state index in [0.717, 1.165) is 44.1 Å². The first-order valence-corrected chi connectivity index (χ1v) is 15.2. The normalized spacial score (nSPS) is 15.9. The molecule has 0 amide bonds. The molecule has 3 aromatic rings. The fraction of sp³-hybridized carbons (Fsp3) is 0.435. The quantitative estimate of drug-likeness (QED) is 0.405. The smallest absolute Gasteiger partial charge is 0.295 e. The first kappa shape index (κ1) is 26.7. The molecular weight excluding hydrogens is 528 g/mol. The van der Waals surface area contributed by atoms with E-state index in [2.05, 4.69) is 15.2 Å². The second-order valence-electron chi connectivity index (χ2n) is 8.63. The maximum absolute atomic E-state index is 12.5. The van der Waals surface area contributed by atoms with Crippen LogP contribution in [0.3, 0.4) is 0 Å². The summed E-state index contributed by atoms with van der Waals surface area (Å²) in [6.07, 6.45) is 1.67. The summed E-state index contributed by atoms with van der Waals surface area (Å²) in [5.41, 5.74) is 1.50. The van der Waals surface area contributed by atoms with Crippen LogP contribution in [-0.4, -0.2) is 58.2 Å². The van der Waals surface area contributed by atoms with Crippen LogP contribution in [0.4, 0.5) is 6.01 Å². The number of nitrogens with two attached hydrogens (primary N) is 1. The number of nitrogens with one attached hydrogen (secondary N) is 1. The van der Waals surface area contributed by atoms with Crippen LogP contribution in [0.15, 0.2) is 44.5 Å². The lowest BCUT2D eigenvalue weighted by molar-refractivity contribution is 0.210. The van der Waals surface area contributed by atoms with E-state index in [9.17, 15) is 16.8 Å². The predicted molar refractivity (Wildman–Crippen MR) is 138 cm³/mol. The van der Waals surface area contributed by atoms with Gasteiger partial charge in [-0.2, -0.15) is 4.98 Å². The fourth-order valence-electron chi connectivity index (χ4n) is 4.20. The number of hydrogen-bond acceptors (Lipinski definition) is 9. The third-order valence-corrected chi connectivity index (χ3v) is 9.25. The standard InChI is InChI=1S/C23H29ClN4O6S2/c1-3-33-19-11-15(5-6-17(19)24)14-28-9-7-16(8-10-28)26-23-27-18-12-21(35(29,30)4-2)22(36(25,31)32)13-20(18)34-23/h5-6,11-13,16H,3-4,7-10,14H2,1-2H3,(H,26,27)(H2,25,31,32). The van der Waals surface area contributed by atoms with Gasteiger partial charge in [0.25, 0.3) is 6.01 Å². The molecule has 1 fully saturated rings. The van der Waals surface area contributed by atoms with Crippen LogP contribution >= 0.6 is 11.6 Å². The topological polar surface area (TPSA) is 145 Å². The molecule has 0 aliphatic carbocycles. The molecule has 0 unspecified atom stereocenters. The number of halogens is 1. The van der Waals surface area contributed by atoms with Gasteiger partial charge in [0.1, 0.15) is 16.2 Å². The Labute approximate surface area is 215 Å². The molecule has 0 bridgehead atoms. The SMILES string of the molecule is CCOc1cc(CN2CCC(Nc3nc4cc(S(=O)(=O)CC)c(S(N)(=O)=O)cc4o3)CC2)ccc1Cl. The van der Waals surface area contributed by atoms with Gasteiger partial charge in [0.05, 0.1) is 22.3 Å². The Morgan fingerprint density at radius 1 is 1.14 bits per heavy atom. The van der Waals surface area contributed by atoms with Crippen molar-refractivity contribution in [3.8, 4) is 5.75 Å². The highest BCUT2D eigenvalue weighted by molar-refractivity contribution is 7.93. The van der Waals surface area contributed by atoms with Crippen LogP contribution < -0.4 is 15.2 Å². The largest absolute Gasteiger partial charge is 0.492 e. The summed E-state index contributed by atoms with van der Waals surface area (Å²) in [5, 5.41) is 9.11. The monoisotopic (exact) mass is 556 g/mol. The van der Waals surface area contributed by atoms with Gasteiger partial charge in [0.15, 0.2) is 15.4 Å². The second kappa shape index (κ2) is 10.5. The zero-order chi connectivity index (χ0) is 26.1. The minimum Gasteiger partial charge on any atom is -0.492 e. The minimum atomic E-state index is -4.28. The third kappa shape index (κ3) is 5.94. The zero-order valence-corrected chi connectivity index (χ0v) is 22.4. The molecule has 3 N–H and O–H groups in total. The van der Waals surface area contributed by atoms with Gasteiger partial charge in [-0.3, -0.25) is 4.90 Å². The molecule has 1 aliphatic rings. The Balaban J connectivity index is 1.44. The van der Waals surface area contributed by atoms with Crippen LogP contribution in [0.5, 0.6) is 5.75 Å². The minimum absolute atomic E-state index is 0.0927. The van der Waals surface area contributed by atoms with E-state index in [1.807, 2.05) is 25.1 Å². The van der Waals surface area contributed by atoms with Crippen molar-refractivity contribution in [3.05, 3.63) is 40.9 Å². The van der Waals surface area contributed by atoms with Gasteiger partial charge < -0.3 is 14.5 Å². The molecule has 1 aliphatic heterocycles. The molecule has 1 aromatic heterocycles. The Kier molecular flexibility index (Phi) is 7.81. The van der Waals surface area contributed by atoms with Gasteiger partial charge in [-0.25, -0.2) is 22.0 Å². The number of ether oxygens (including phenoxy) is 1. The number of likely N-dealkylation sites (tertiary alicyclic amines) is 1. The van der Waals surface area contributed by atoms with Crippen molar-refractivity contribution in [1.29, 1.82) is 0 Å². The lowest BCUT2D eigenvalue weighted by Crippen LogP contribution is -2.38. The molecule has 36 heavy (non-hydrogen) atoms. The van der Waals surface area contributed by atoms with Gasteiger partial charge in [0, 0.05) is 31.7 Å². The van der Waals surface area contributed by atoms with Crippen LogP contribution in [0.25, 0.3) is 11.1 Å². The van der Waals surface area contributed by atoms with Gasteiger partial charge in [-0.1, -0.05) is 24.6 Å². The number of fused-ring (bicyclic) bond motifs is 1. The molecule has 2 heterocycles. The summed E-state index contributed by atoms with van der Waals surface area (Å²) < 4.78 is 60.2.